The molecule has 6 nitrogen and oxygen atoms in total. The number of nitrogens with one attached hydrogen (secondary N) is 1. The third kappa shape index (κ3) is 5.58. The molecule has 1 saturated carbocycles. The maximum absolute atomic E-state index is 15.1. The van der Waals surface area contributed by atoms with E-state index in [0.29, 0.717) is 17.9 Å². The van der Waals surface area contributed by atoms with E-state index in [1.807, 2.05) is 41.9 Å². The van der Waals surface area contributed by atoms with Crippen molar-refractivity contribution in [3.05, 3.63) is 114 Å². The molecule has 1 N–H and O–H groups in total. The van der Waals surface area contributed by atoms with Crippen molar-refractivity contribution >= 4 is 22.6 Å². The van der Waals surface area contributed by atoms with Gasteiger partial charge in [0, 0.05) is 49.1 Å². The van der Waals surface area contributed by atoms with Crippen molar-refractivity contribution in [2.24, 2.45) is 13.0 Å². The van der Waals surface area contributed by atoms with E-state index in [1.54, 1.807) is 29.4 Å². The molecule has 0 bridgehead atoms. The van der Waals surface area contributed by atoms with Gasteiger partial charge in [-0.3, -0.25) is 4.79 Å². The lowest BCUT2D eigenvalue weighted by molar-refractivity contribution is -0.120. The van der Waals surface area contributed by atoms with Gasteiger partial charge in [-0.2, -0.15) is 0 Å². The molecule has 2 unspecified atom stereocenters. The first-order valence-electron chi connectivity index (χ1n) is 13.5. The molecule has 1 aromatic heterocycles. The molecule has 1 amide bonds. The van der Waals surface area contributed by atoms with Crippen LogP contribution >= 0.6 is 0 Å². The van der Waals surface area contributed by atoms with E-state index in [2.05, 4.69) is 9.71 Å². The second-order valence-electron chi connectivity index (χ2n) is 10.6. The van der Waals surface area contributed by atoms with Gasteiger partial charge >= 0.3 is 0 Å². The van der Waals surface area contributed by atoms with Gasteiger partial charge in [0.1, 0.15) is 22.6 Å². The van der Waals surface area contributed by atoms with Crippen molar-refractivity contribution in [3.63, 3.8) is 0 Å². The van der Waals surface area contributed by atoms with E-state index in [4.69, 9.17) is 0 Å². The molecular weight excluding hydrogens is 549 g/mol. The average molecular weight is 579 g/mol. The van der Waals surface area contributed by atoms with Crippen molar-refractivity contribution in [2.75, 3.05) is 4.90 Å². The zero-order valence-electron chi connectivity index (χ0n) is 22.3. The Morgan fingerprint density at radius 3 is 2.66 bits per heavy atom. The Morgan fingerprint density at radius 2 is 1.93 bits per heavy atom. The maximum Gasteiger partial charge on any atom is 0.273 e. The molecule has 0 saturated heterocycles. The highest BCUT2D eigenvalue weighted by atomic mass is 32.2. The summed E-state index contributed by atoms with van der Waals surface area (Å²) in [6, 6.07) is 19.1. The fraction of sp³-hybridized carbons (Fsp3) is 0.290. The molecule has 0 spiro atoms. The lowest BCUT2D eigenvalue weighted by atomic mass is 9.85. The first-order valence-corrected chi connectivity index (χ1v) is 14.6. The van der Waals surface area contributed by atoms with Crippen LogP contribution < -0.4 is 9.62 Å². The number of anilines is 1. The molecule has 4 aromatic rings. The van der Waals surface area contributed by atoms with Crippen LogP contribution in [0.1, 0.15) is 53.7 Å². The number of aromatic nitrogens is 2. The van der Waals surface area contributed by atoms with Crippen molar-refractivity contribution < 1.29 is 22.2 Å². The summed E-state index contributed by atoms with van der Waals surface area (Å²) in [5, 5.41) is 0. The topological polar surface area (TPSA) is 67.2 Å². The Morgan fingerprint density at radius 1 is 1.12 bits per heavy atom. The van der Waals surface area contributed by atoms with Crippen LogP contribution in [0.25, 0.3) is 0 Å². The SMILES string of the molecule is Cn1ccnc1CN(C(=O)[C@H]1C[C@@H]1c1ccccc1)c1ccc2c(c1)C(NS(=O)c1cccc(F)c1)CCC2(F)F. The highest BCUT2D eigenvalue weighted by molar-refractivity contribution is 7.83. The minimum atomic E-state index is -3.07. The molecule has 41 heavy (non-hydrogen) atoms. The third-order valence-corrected chi connectivity index (χ3v) is 9.13. The molecule has 10 heteroatoms. The minimum Gasteiger partial charge on any atom is -0.337 e. The van der Waals surface area contributed by atoms with E-state index in [0.717, 1.165) is 11.6 Å². The number of carbonyl (C=O) groups is 1. The van der Waals surface area contributed by atoms with Crippen molar-refractivity contribution in [1.82, 2.24) is 14.3 Å². The molecule has 2 aliphatic carbocycles. The Kier molecular flexibility index (Phi) is 7.29. The van der Waals surface area contributed by atoms with Crippen LogP contribution in [-0.2, 0) is 35.3 Å². The minimum absolute atomic E-state index is 0.0243. The second-order valence-corrected chi connectivity index (χ2v) is 11.9. The van der Waals surface area contributed by atoms with Gasteiger partial charge < -0.3 is 9.47 Å². The van der Waals surface area contributed by atoms with Crippen LogP contribution in [0.3, 0.4) is 0 Å². The second kappa shape index (κ2) is 10.9. The van der Waals surface area contributed by atoms with E-state index in [9.17, 15) is 13.4 Å². The van der Waals surface area contributed by atoms with Crippen LogP contribution in [0.5, 0.6) is 0 Å². The van der Waals surface area contributed by atoms with Crippen LogP contribution in [0.2, 0.25) is 0 Å². The molecule has 6 rings (SSSR count). The molecule has 1 heterocycles. The standard InChI is InChI=1S/C31H29F3N4O2S/c1-37-15-14-35-29(37)19-38(30(39)25-18-24(25)20-6-3-2-4-7-20)22-10-11-27-26(17-22)28(12-13-31(27,33)34)36-41(40)23-9-5-8-21(32)16-23/h2-11,14-17,24-25,28,36H,12-13,18-19H2,1H3/t24-,25+,28?,41?/m1/s1. The van der Waals surface area contributed by atoms with Crippen molar-refractivity contribution in [2.45, 2.75) is 48.6 Å². The monoisotopic (exact) mass is 578 g/mol. The van der Waals surface area contributed by atoms with Gasteiger partial charge in [-0.1, -0.05) is 42.5 Å². The number of benzene rings is 3. The van der Waals surface area contributed by atoms with E-state index in [-0.39, 0.29) is 46.7 Å². The fourth-order valence-electron chi connectivity index (χ4n) is 5.58. The Balaban J connectivity index is 1.34. The summed E-state index contributed by atoms with van der Waals surface area (Å²) in [5.41, 5.74) is 1.67. The molecule has 212 valence electrons. The van der Waals surface area contributed by atoms with Crippen LogP contribution in [0.4, 0.5) is 18.9 Å². The van der Waals surface area contributed by atoms with Gasteiger partial charge in [0.15, 0.2) is 0 Å². The predicted octanol–water partition coefficient (Wildman–Crippen LogP) is 6.14. The number of hydrogen-bond donors (Lipinski definition) is 1. The van der Waals surface area contributed by atoms with Gasteiger partial charge in [-0.25, -0.2) is 27.1 Å². The van der Waals surface area contributed by atoms with Gasteiger partial charge in [-0.05, 0) is 60.2 Å². The van der Waals surface area contributed by atoms with Crippen LogP contribution in [-0.4, -0.2) is 19.7 Å². The van der Waals surface area contributed by atoms with E-state index in [1.165, 1.54) is 24.3 Å². The first kappa shape index (κ1) is 27.4. The number of carbonyl (C=O) groups excluding carboxylic acids is 1. The molecule has 1 fully saturated rings. The number of hydrogen-bond acceptors (Lipinski definition) is 3. The predicted molar refractivity (Wildman–Crippen MR) is 150 cm³/mol. The Labute approximate surface area is 238 Å². The summed E-state index contributed by atoms with van der Waals surface area (Å²) < 4.78 is 61.7. The fourth-order valence-corrected chi connectivity index (χ4v) is 6.64. The average Bonchev–Trinajstić information content (AvgIpc) is 3.67. The van der Waals surface area contributed by atoms with Gasteiger partial charge in [0.25, 0.3) is 5.92 Å². The number of halogens is 3. The molecule has 2 aliphatic rings. The lowest BCUT2D eigenvalue weighted by Crippen LogP contribution is -2.35. The number of alkyl halides is 2. The normalized spacial score (nSPS) is 21.6. The Hall–Kier alpha value is -3.76. The lowest BCUT2D eigenvalue weighted by Gasteiger charge is -2.33. The van der Waals surface area contributed by atoms with Gasteiger partial charge in [0.05, 0.1) is 11.4 Å². The number of amides is 1. The maximum atomic E-state index is 15.1. The van der Waals surface area contributed by atoms with Crippen molar-refractivity contribution in [1.29, 1.82) is 0 Å². The number of fused-ring (bicyclic) bond motifs is 1. The summed E-state index contributed by atoms with van der Waals surface area (Å²) in [6.45, 7) is 0.169. The number of aryl methyl sites for hydroxylation is 1. The van der Waals surface area contributed by atoms with E-state index >= 15 is 8.78 Å². The zero-order chi connectivity index (χ0) is 28.7. The molecule has 4 atom stereocenters. The molecule has 0 radical (unpaired) electrons. The number of rotatable bonds is 8. The van der Waals surface area contributed by atoms with Crippen LogP contribution in [0.15, 0.2) is 90.1 Å². The smallest absolute Gasteiger partial charge is 0.273 e. The van der Waals surface area contributed by atoms with Crippen LogP contribution in [0, 0.1) is 11.7 Å². The quantitative estimate of drug-likeness (QED) is 0.273. The van der Waals surface area contributed by atoms with Gasteiger partial charge in [-0.15, -0.1) is 0 Å². The number of imidazole rings is 1. The molecule has 0 aliphatic heterocycles. The summed E-state index contributed by atoms with van der Waals surface area (Å²) in [6.07, 6.45) is 3.75. The highest BCUT2D eigenvalue weighted by Gasteiger charge is 2.47. The number of nitrogens with zero attached hydrogens (tertiary/aromatic N) is 3. The third-order valence-electron chi connectivity index (χ3n) is 7.94. The highest BCUT2D eigenvalue weighted by Crippen LogP contribution is 2.50. The first-order chi connectivity index (χ1) is 19.7. The van der Waals surface area contributed by atoms with Gasteiger partial charge in [0.2, 0.25) is 5.91 Å². The van der Waals surface area contributed by atoms with Crippen molar-refractivity contribution in [3.8, 4) is 0 Å². The molecule has 3 aromatic carbocycles. The van der Waals surface area contributed by atoms with E-state index < -0.39 is 35.2 Å². The summed E-state index contributed by atoms with van der Waals surface area (Å²) in [7, 11) is 0.00661. The largest absolute Gasteiger partial charge is 0.337 e. The zero-order valence-corrected chi connectivity index (χ0v) is 23.2. The summed E-state index contributed by atoms with van der Waals surface area (Å²) in [4.78, 5) is 20.2. The Bertz CT molecular complexity index is 1610. The summed E-state index contributed by atoms with van der Waals surface area (Å²) >= 11 is 0. The summed E-state index contributed by atoms with van der Waals surface area (Å²) in [5.74, 6) is -3.19. The molecular formula is C31H29F3N4O2S.